The lowest BCUT2D eigenvalue weighted by molar-refractivity contribution is -0.0167. The Hall–Kier alpha value is -2.38. The summed E-state index contributed by atoms with van der Waals surface area (Å²) in [6, 6.07) is 16.2. The van der Waals surface area contributed by atoms with E-state index in [0.717, 1.165) is 17.7 Å². The number of hydrogen-bond acceptors (Lipinski definition) is 4. The average molecular weight is 449 g/mol. The zero-order valence-electron chi connectivity index (χ0n) is 16.5. The van der Waals surface area contributed by atoms with E-state index in [4.69, 9.17) is 10.5 Å². The van der Waals surface area contributed by atoms with E-state index >= 15 is 0 Å². The highest BCUT2D eigenvalue weighted by Crippen LogP contribution is 2.22. The Labute approximate surface area is 188 Å². The standard InChI is InChI=1S/C22H24N4O2.2ClH/c23-13-21-15-26(10-11-28-21)22(27)20-3-1-2-19(12-20)18-6-4-17(5-7-18)14-25-9-8-24-16-25;;/h1-9,12,16,21H,10-11,13-15,23H2;2*1H. The molecule has 0 spiro atoms. The number of hydrogen-bond donors (Lipinski definition) is 1. The minimum atomic E-state index is -0.0797. The molecule has 8 heteroatoms. The molecule has 1 unspecified atom stereocenters. The van der Waals surface area contributed by atoms with E-state index in [1.165, 1.54) is 5.56 Å². The van der Waals surface area contributed by atoms with Crippen LogP contribution in [0.15, 0.2) is 67.3 Å². The Bertz CT molecular complexity index is 933. The molecule has 2 N–H and O–H groups in total. The minimum Gasteiger partial charge on any atom is -0.373 e. The third-order valence-corrected chi connectivity index (χ3v) is 5.01. The van der Waals surface area contributed by atoms with Gasteiger partial charge in [0.15, 0.2) is 0 Å². The van der Waals surface area contributed by atoms with E-state index < -0.39 is 0 Å². The van der Waals surface area contributed by atoms with Crippen molar-refractivity contribution in [3.8, 4) is 11.1 Å². The van der Waals surface area contributed by atoms with Crippen LogP contribution < -0.4 is 5.73 Å². The lowest BCUT2D eigenvalue weighted by Gasteiger charge is -2.32. The lowest BCUT2D eigenvalue weighted by atomic mass is 10.0. The fraction of sp³-hybridized carbons (Fsp3) is 0.273. The number of carbonyl (C=O) groups excluding carboxylic acids is 1. The summed E-state index contributed by atoms with van der Waals surface area (Å²) in [4.78, 5) is 18.8. The molecule has 0 bridgehead atoms. The molecule has 4 rings (SSSR count). The molecule has 1 aliphatic heterocycles. The van der Waals surface area contributed by atoms with E-state index in [2.05, 4.69) is 29.2 Å². The van der Waals surface area contributed by atoms with Crippen molar-refractivity contribution >= 4 is 30.7 Å². The first kappa shape index (κ1) is 23.9. The third kappa shape index (κ3) is 5.61. The number of carbonyl (C=O) groups is 1. The summed E-state index contributed by atoms with van der Waals surface area (Å²) in [7, 11) is 0. The number of amides is 1. The number of benzene rings is 2. The predicted molar refractivity (Wildman–Crippen MR) is 122 cm³/mol. The van der Waals surface area contributed by atoms with Crippen molar-refractivity contribution in [3.05, 3.63) is 78.4 Å². The second-order valence-electron chi connectivity index (χ2n) is 6.99. The highest BCUT2D eigenvalue weighted by Gasteiger charge is 2.24. The first-order chi connectivity index (χ1) is 13.7. The normalized spacial score (nSPS) is 15.8. The highest BCUT2D eigenvalue weighted by atomic mass is 35.5. The predicted octanol–water partition coefficient (Wildman–Crippen LogP) is 3.24. The van der Waals surface area contributed by atoms with Crippen molar-refractivity contribution in [1.29, 1.82) is 0 Å². The Morgan fingerprint density at radius 3 is 2.63 bits per heavy atom. The molecule has 3 aromatic rings. The van der Waals surface area contributed by atoms with Gasteiger partial charge in [-0.15, -0.1) is 24.8 Å². The van der Waals surface area contributed by atoms with Crippen molar-refractivity contribution < 1.29 is 9.53 Å². The van der Waals surface area contributed by atoms with Gasteiger partial charge in [-0.3, -0.25) is 4.79 Å². The molecule has 6 nitrogen and oxygen atoms in total. The Morgan fingerprint density at radius 2 is 1.93 bits per heavy atom. The van der Waals surface area contributed by atoms with Crippen LogP contribution in [-0.2, 0) is 11.3 Å². The van der Waals surface area contributed by atoms with Crippen molar-refractivity contribution in [3.63, 3.8) is 0 Å². The molecule has 0 radical (unpaired) electrons. The Balaban J connectivity index is 0.00000160. The highest BCUT2D eigenvalue weighted by molar-refractivity contribution is 5.95. The molecular weight excluding hydrogens is 423 g/mol. The van der Waals surface area contributed by atoms with E-state index in [-0.39, 0.29) is 36.8 Å². The number of aromatic nitrogens is 2. The van der Waals surface area contributed by atoms with Gasteiger partial charge in [-0.1, -0.05) is 36.4 Å². The first-order valence-corrected chi connectivity index (χ1v) is 9.49. The maximum atomic E-state index is 12.9. The molecule has 1 aliphatic rings. The molecular formula is C22H26Cl2N4O2. The van der Waals surface area contributed by atoms with Gasteiger partial charge in [0.2, 0.25) is 0 Å². The van der Waals surface area contributed by atoms with Crippen LogP contribution in [0.2, 0.25) is 0 Å². The van der Waals surface area contributed by atoms with Crippen molar-refractivity contribution in [2.75, 3.05) is 26.2 Å². The summed E-state index contributed by atoms with van der Waals surface area (Å²) in [5, 5.41) is 0. The van der Waals surface area contributed by atoms with Gasteiger partial charge in [0.1, 0.15) is 0 Å². The lowest BCUT2D eigenvalue weighted by Crippen LogP contribution is -2.48. The van der Waals surface area contributed by atoms with E-state index in [1.807, 2.05) is 46.3 Å². The summed E-state index contributed by atoms with van der Waals surface area (Å²) < 4.78 is 7.59. The maximum Gasteiger partial charge on any atom is 0.254 e. The molecule has 1 saturated heterocycles. The summed E-state index contributed by atoms with van der Waals surface area (Å²) in [5.41, 5.74) is 9.71. The largest absolute Gasteiger partial charge is 0.373 e. The van der Waals surface area contributed by atoms with E-state index in [0.29, 0.717) is 31.8 Å². The van der Waals surface area contributed by atoms with Gasteiger partial charge in [-0.25, -0.2) is 4.98 Å². The SMILES string of the molecule is Cl.Cl.NCC1CN(C(=O)c2cccc(-c3ccc(Cn4ccnc4)cc3)c2)CCO1. The number of nitrogens with two attached hydrogens (primary N) is 1. The second-order valence-corrected chi connectivity index (χ2v) is 6.99. The maximum absolute atomic E-state index is 12.9. The van der Waals surface area contributed by atoms with Crippen LogP contribution in [0.3, 0.4) is 0 Å². The van der Waals surface area contributed by atoms with Gasteiger partial charge in [0.05, 0.1) is 19.0 Å². The third-order valence-electron chi connectivity index (χ3n) is 5.01. The monoisotopic (exact) mass is 448 g/mol. The van der Waals surface area contributed by atoms with E-state index in [1.54, 1.807) is 6.20 Å². The minimum absolute atomic E-state index is 0. The molecule has 1 fully saturated rings. The Morgan fingerprint density at radius 1 is 1.13 bits per heavy atom. The quantitative estimate of drug-likeness (QED) is 0.649. The van der Waals surface area contributed by atoms with Crippen LogP contribution in [-0.4, -0.2) is 52.7 Å². The molecule has 0 aliphatic carbocycles. The molecule has 2 aromatic carbocycles. The number of imidazole rings is 1. The van der Waals surface area contributed by atoms with Gasteiger partial charge in [-0.05, 0) is 28.8 Å². The smallest absolute Gasteiger partial charge is 0.254 e. The van der Waals surface area contributed by atoms with Gasteiger partial charge in [0, 0.05) is 44.1 Å². The molecule has 0 saturated carbocycles. The van der Waals surface area contributed by atoms with Gasteiger partial charge >= 0.3 is 0 Å². The van der Waals surface area contributed by atoms with Gasteiger partial charge in [-0.2, -0.15) is 0 Å². The van der Waals surface area contributed by atoms with E-state index in [9.17, 15) is 4.79 Å². The van der Waals surface area contributed by atoms with Gasteiger partial charge < -0.3 is 19.9 Å². The van der Waals surface area contributed by atoms with Crippen LogP contribution in [0.5, 0.6) is 0 Å². The fourth-order valence-corrected chi connectivity index (χ4v) is 3.45. The zero-order chi connectivity index (χ0) is 19.3. The number of rotatable bonds is 5. The Kier molecular flexibility index (Phi) is 8.87. The second kappa shape index (κ2) is 11.1. The fourth-order valence-electron chi connectivity index (χ4n) is 3.45. The topological polar surface area (TPSA) is 73.4 Å². The van der Waals surface area contributed by atoms with Crippen molar-refractivity contribution in [2.45, 2.75) is 12.6 Å². The number of ether oxygens (including phenoxy) is 1. The van der Waals surface area contributed by atoms with Crippen LogP contribution >= 0.6 is 24.8 Å². The number of nitrogens with zero attached hydrogens (tertiary/aromatic N) is 3. The molecule has 1 amide bonds. The van der Waals surface area contributed by atoms with Crippen LogP contribution in [0, 0.1) is 0 Å². The van der Waals surface area contributed by atoms with Crippen LogP contribution in [0.1, 0.15) is 15.9 Å². The first-order valence-electron chi connectivity index (χ1n) is 9.49. The molecule has 160 valence electrons. The summed E-state index contributed by atoms with van der Waals surface area (Å²) >= 11 is 0. The molecule has 30 heavy (non-hydrogen) atoms. The number of halogens is 2. The van der Waals surface area contributed by atoms with Gasteiger partial charge in [0.25, 0.3) is 5.91 Å². The number of morpholine rings is 1. The van der Waals surface area contributed by atoms with Crippen molar-refractivity contribution in [2.24, 2.45) is 5.73 Å². The van der Waals surface area contributed by atoms with Crippen molar-refractivity contribution in [1.82, 2.24) is 14.5 Å². The summed E-state index contributed by atoms with van der Waals surface area (Å²) in [6.07, 6.45) is 5.46. The molecule has 2 heterocycles. The van der Waals surface area contributed by atoms with Crippen LogP contribution in [0.25, 0.3) is 11.1 Å². The average Bonchev–Trinajstić information content (AvgIpc) is 3.27. The summed E-state index contributed by atoms with van der Waals surface area (Å²) in [5.74, 6) is 0.0281. The van der Waals surface area contributed by atoms with Crippen LogP contribution in [0.4, 0.5) is 0 Å². The summed E-state index contributed by atoms with van der Waals surface area (Å²) in [6.45, 7) is 2.89. The molecule has 1 atom stereocenters. The zero-order valence-corrected chi connectivity index (χ0v) is 18.1. The molecule has 1 aromatic heterocycles.